The van der Waals surface area contributed by atoms with Crippen molar-refractivity contribution in [2.24, 2.45) is 0 Å². The number of rotatable bonds is 7. The lowest BCUT2D eigenvalue weighted by atomic mass is 9.94. The first-order valence-corrected chi connectivity index (χ1v) is 19.8. The average Bonchev–Trinajstić information content (AvgIpc) is 3.70. The smallest absolute Gasteiger partial charge is 0.164 e. The molecule has 4 heteroatoms. The lowest BCUT2D eigenvalue weighted by Crippen LogP contribution is -2.01. The number of hydrogen-bond acceptors (Lipinski definition) is 4. The van der Waals surface area contributed by atoms with Crippen LogP contribution in [0.3, 0.4) is 0 Å². The van der Waals surface area contributed by atoms with Gasteiger partial charge in [0.1, 0.15) is 11.2 Å². The van der Waals surface area contributed by atoms with Crippen molar-refractivity contribution in [1.29, 1.82) is 0 Å². The molecule has 0 saturated carbocycles. The molecule has 0 atom stereocenters. The van der Waals surface area contributed by atoms with Gasteiger partial charge in [-0.15, -0.1) is 0 Å². The molecule has 0 bridgehead atoms. The molecule has 0 aliphatic carbocycles. The largest absolute Gasteiger partial charge is 0.456 e. The van der Waals surface area contributed by atoms with E-state index in [9.17, 15) is 0 Å². The summed E-state index contributed by atoms with van der Waals surface area (Å²) >= 11 is 0. The Kier molecular flexibility index (Phi) is 8.45. The molecular weight excluding hydrogens is 719 g/mol. The summed E-state index contributed by atoms with van der Waals surface area (Å²) in [6, 6.07) is 74.0. The van der Waals surface area contributed by atoms with Crippen LogP contribution in [0.15, 0.2) is 217 Å². The molecule has 2 heterocycles. The van der Waals surface area contributed by atoms with E-state index in [4.69, 9.17) is 19.4 Å². The predicted molar refractivity (Wildman–Crippen MR) is 243 cm³/mol. The lowest BCUT2D eigenvalue weighted by molar-refractivity contribution is 0.669. The Balaban J connectivity index is 1.05. The van der Waals surface area contributed by atoms with Crippen molar-refractivity contribution < 1.29 is 4.42 Å². The van der Waals surface area contributed by atoms with E-state index < -0.39 is 0 Å². The zero-order valence-electron chi connectivity index (χ0n) is 32.0. The van der Waals surface area contributed by atoms with Crippen molar-refractivity contribution in [1.82, 2.24) is 15.0 Å². The molecule has 0 aliphatic heterocycles. The second-order valence-electron chi connectivity index (χ2n) is 14.8. The summed E-state index contributed by atoms with van der Waals surface area (Å²) in [7, 11) is 0. The molecule has 0 amide bonds. The van der Waals surface area contributed by atoms with Crippen LogP contribution >= 0.6 is 0 Å². The van der Waals surface area contributed by atoms with Crippen molar-refractivity contribution in [3.63, 3.8) is 0 Å². The van der Waals surface area contributed by atoms with Crippen LogP contribution in [0.2, 0.25) is 0 Å². The van der Waals surface area contributed by atoms with E-state index in [0.717, 1.165) is 82.8 Å². The first-order chi connectivity index (χ1) is 29.2. The molecule has 0 aliphatic rings. The molecule has 0 radical (unpaired) electrons. The van der Waals surface area contributed by atoms with Gasteiger partial charge in [-0.2, -0.15) is 0 Å². The Bertz CT molecular complexity index is 3300. The van der Waals surface area contributed by atoms with Crippen molar-refractivity contribution >= 4 is 32.7 Å². The van der Waals surface area contributed by atoms with Crippen molar-refractivity contribution in [2.75, 3.05) is 0 Å². The lowest BCUT2D eigenvalue weighted by Gasteiger charge is -2.13. The number of benzene rings is 9. The minimum absolute atomic E-state index is 0.575. The van der Waals surface area contributed by atoms with Crippen molar-refractivity contribution in [3.8, 4) is 78.7 Å². The summed E-state index contributed by atoms with van der Waals surface area (Å²) in [5.74, 6) is 1.78. The van der Waals surface area contributed by atoms with Crippen LogP contribution in [0, 0.1) is 0 Å². The fourth-order valence-corrected chi connectivity index (χ4v) is 8.26. The van der Waals surface area contributed by atoms with Crippen LogP contribution in [0.4, 0.5) is 0 Å². The fraction of sp³-hybridized carbons (Fsp3) is 0. The molecule has 276 valence electrons. The summed E-state index contributed by atoms with van der Waals surface area (Å²) in [4.78, 5) is 15.6. The highest BCUT2D eigenvalue weighted by Crippen LogP contribution is 2.40. The van der Waals surface area contributed by atoms with Crippen LogP contribution < -0.4 is 0 Å². The average molecular weight is 754 g/mol. The minimum atomic E-state index is 0.575. The van der Waals surface area contributed by atoms with E-state index in [2.05, 4.69) is 188 Å². The maximum Gasteiger partial charge on any atom is 0.164 e. The molecular formula is C55H35N3O. The maximum atomic E-state index is 6.54. The van der Waals surface area contributed by atoms with Crippen LogP contribution in [-0.2, 0) is 0 Å². The van der Waals surface area contributed by atoms with E-state index in [1.165, 1.54) is 11.1 Å². The second kappa shape index (κ2) is 14.5. The molecule has 0 fully saturated rings. The molecule has 9 aromatic carbocycles. The molecule has 11 aromatic rings. The van der Waals surface area contributed by atoms with Gasteiger partial charge >= 0.3 is 0 Å². The molecule has 4 nitrogen and oxygen atoms in total. The Hall–Kier alpha value is -7.95. The summed E-state index contributed by atoms with van der Waals surface area (Å²) in [6.07, 6.45) is 0. The van der Waals surface area contributed by atoms with Crippen LogP contribution in [0.25, 0.3) is 111 Å². The van der Waals surface area contributed by atoms with Gasteiger partial charge < -0.3 is 4.42 Å². The summed E-state index contributed by atoms with van der Waals surface area (Å²) in [5, 5.41) is 4.36. The summed E-state index contributed by atoms with van der Waals surface area (Å²) in [6.45, 7) is 0. The van der Waals surface area contributed by atoms with E-state index in [1.807, 2.05) is 24.3 Å². The van der Waals surface area contributed by atoms with E-state index >= 15 is 0 Å². The monoisotopic (exact) mass is 753 g/mol. The number of aromatic nitrogens is 3. The molecule has 0 unspecified atom stereocenters. The molecule has 0 spiro atoms. The molecule has 2 aromatic heterocycles. The van der Waals surface area contributed by atoms with Gasteiger partial charge in [-0.1, -0.05) is 182 Å². The number of nitrogens with zero attached hydrogens (tertiary/aromatic N) is 3. The van der Waals surface area contributed by atoms with Gasteiger partial charge in [-0.05, 0) is 85.6 Å². The summed E-state index contributed by atoms with van der Waals surface area (Å²) < 4.78 is 6.54. The van der Waals surface area contributed by atoms with Crippen LogP contribution in [0.5, 0.6) is 0 Å². The first kappa shape index (κ1) is 34.3. The maximum absolute atomic E-state index is 6.54. The van der Waals surface area contributed by atoms with Crippen LogP contribution in [-0.4, -0.2) is 15.0 Å². The fourth-order valence-electron chi connectivity index (χ4n) is 8.26. The molecule has 0 saturated heterocycles. The Labute approximate surface area is 341 Å². The second-order valence-corrected chi connectivity index (χ2v) is 14.8. The third kappa shape index (κ3) is 6.34. The Morgan fingerprint density at radius 1 is 0.254 bits per heavy atom. The highest BCUT2D eigenvalue weighted by Gasteiger charge is 2.19. The highest BCUT2D eigenvalue weighted by molar-refractivity contribution is 6.13. The minimum Gasteiger partial charge on any atom is -0.456 e. The molecule has 59 heavy (non-hydrogen) atoms. The Morgan fingerprint density at radius 3 is 1.44 bits per heavy atom. The normalized spacial score (nSPS) is 11.4. The summed E-state index contributed by atoms with van der Waals surface area (Å²) in [5.41, 5.74) is 13.6. The van der Waals surface area contributed by atoms with Gasteiger partial charge in [-0.25, -0.2) is 15.0 Å². The van der Waals surface area contributed by atoms with Gasteiger partial charge in [-0.3, -0.25) is 0 Å². The molecule has 0 N–H and O–H groups in total. The van der Waals surface area contributed by atoms with E-state index in [0.29, 0.717) is 17.5 Å². The number of hydrogen-bond donors (Lipinski definition) is 0. The zero-order chi connectivity index (χ0) is 39.1. The van der Waals surface area contributed by atoms with Crippen LogP contribution in [0.1, 0.15) is 0 Å². The SMILES string of the molecule is c1ccc(-c2cccc(-c3ccc(-c4nc(-c5ccc6c(c5)oc5cccc(-c7ccccc7)c56)nc(-c5ccc(-c6ccccc6)c6ccccc56)n4)cc3)c2)cc1. The van der Waals surface area contributed by atoms with Gasteiger partial charge in [0.15, 0.2) is 17.5 Å². The highest BCUT2D eigenvalue weighted by atomic mass is 16.3. The third-order valence-corrected chi connectivity index (χ3v) is 11.2. The topological polar surface area (TPSA) is 51.8 Å². The zero-order valence-corrected chi connectivity index (χ0v) is 32.0. The van der Waals surface area contributed by atoms with Gasteiger partial charge in [0.05, 0.1) is 0 Å². The predicted octanol–water partition coefficient (Wildman–Crippen LogP) is 14.6. The van der Waals surface area contributed by atoms with Crippen molar-refractivity contribution in [3.05, 3.63) is 212 Å². The Morgan fingerprint density at radius 2 is 0.746 bits per heavy atom. The van der Waals surface area contributed by atoms with E-state index in [-0.39, 0.29) is 0 Å². The first-order valence-electron chi connectivity index (χ1n) is 19.8. The van der Waals surface area contributed by atoms with Crippen molar-refractivity contribution in [2.45, 2.75) is 0 Å². The van der Waals surface area contributed by atoms with Gasteiger partial charge in [0, 0.05) is 27.5 Å². The van der Waals surface area contributed by atoms with Gasteiger partial charge in [0.25, 0.3) is 0 Å². The number of furan rings is 1. The quantitative estimate of drug-likeness (QED) is 0.163. The standard InChI is InChI=1S/C55H35N3O/c1-4-14-36(15-5-1)41-20-12-21-42(34-41)37-26-28-40(29-27-37)53-56-54(43-30-31-49-51(35-43)59-50-25-13-24-45(52(49)50)39-18-8-3-9-19-39)58-55(57-53)48-33-32-44(38-16-6-2-7-17-38)46-22-10-11-23-47(46)48/h1-35H. The third-order valence-electron chi connectivity index (χ3n) is 11.2. The molecule has 11 rings (SSSR count). The van der Waals surface area contributed by atoms with Gasteiger partial charge in [0.2, 0.25) is 0 Å². The van der Waals surface area contributed by atoms with E-state index in [1.54, 1.807) is 0 Å². The number of fused-ring (bicyclic) bond motifs is 4.